The number of aromatic carboxylic acids is 1. The third-order valence-electron chi connectivity index (χ3n) is 4.95. The van der Waals surface area contributed by atoms with Gasteiger partial charge >= 0.3 is 5.97 Å². The van der Waals surface area contributed by atoms with E-state index in [0.29, 0.717) is 16.3 Å². The molecule has 3 rings (SSSR count). The molecule has 0 saturated carbocycles. The van der Waals surface area contributed by atoms with Gasteiger partial charge in [-0.3, -0.25) is 9.59 Å². The molecule has 0 heterocycles. The van der Waals surface area contributed by atoms with E-state index in [0.717, 1.165) is 0 Å². The highest BCUT2D eigenvalue weighted by Gasteiger charge is 2.29. The lowest BCUT2D eigenvalue weighted by atomic mass is 10.1. The molecule has 9 nitrogen and oxygen atoms in total. The van der Waals surface area contributed by atoms with Crippen molar-refractivity contribution < 1.29 is 27.9 Å². The first-order valence-corrected chi connectivity index (χ1v) is 14.3. The lowest BCUT2D eigenvalue weighted by molar-refractivity contribution is -0.115. The molecule has 200 valence electrons. The van der Waals surface area contributed by atoms with Gasteiger partial charge in [0.2, 0.25) is 15.9 Å². The van der Waals surface area contributed by atoms with Gasteiger partial charge in [-0.05, 0) is 55.5 Å². The molecule has 3 aromatic rings. The van der Waals surface area contributed by atoms with E-state index in [-0.39, 0.29) is 25.9 Å². The summed E-state index contributed by atoms with van der Waals surface area (Å²) < 4.78 is 22.7. The topological polar surface area (TPSA) is 156 Å². The molecule has 0 bridgehead atoms. The van der Waals surface area contributed by atoms with Gasteiger partial charge < -0.3 is 15.7 Å². The van der Waals surface area contributed by atoms with E-state index in [9.17, 15) is 27.9 Å². The number of halogens is 4. The van der Waals surface area contributed by atoms with Crippen LogP contribution in [0.3, 0.4) is 0 Å². The second-order valence-corrected chi connectivity index (χ2v) is 12.1. The molecule has 38 heavy (non-hydrogen) atoms. The number of carboxylic acid groups (broad SMARTS) is 1. The SMILES string of the molecule is CC(Sc1ccc(NC(=O)c2c(Cl)c(Cl)c(Cl)c(Cl)c2C(=O)O)cc1)C(=O)Nc1ccc(S(N)(=O)=O)cc1. The van der Waals surface area contributed by atoms with Crippen molar-refractivity contribution in [1.82, 2.24) is 0 Å². The summed E-state index contributed by atoms with van der Waals surface area (Å²) in [6, 6.07) is 11.8. The van der Waals surface area contributed by atoms with E-state index < -0.39 is 43.3 Å². The highest BCUT2D eigenvalue weighted by molar-refractivity contribution is 8.00. The van der Waals surface area contributed by atoms with Crippen LogP contribution in [0.2, 0.25) is 20.1 Å². The quantitative estimate of drug-likeness (QED) is 0.134. The molecule has 0 aliphatic rings. The summed E-state index contributed by atoms with van der Waals surface area (Å²) in [4.78, 5) is 37.7. The van der Waals surface area contributed by atoms with Crippen LogP contribution < -0.4 is 15.8 Å². The molecule has 0 spiro atoms. The summed E-state index contributed by atoms with van der Waals surface area (Å²) in [5.41, 5.74) is -0.329. The number of carbonyl (C=O) groups excluding carboxylic acids is 2. The van der Waals surface area contributed by atoms with Crippen LogP contribution in [-0.4, -0.2) is 36.6 Å². The Hall–Kier alpha value is -2.51. The predicted molar refractivity (Wildman–Crippen MR) is 150 cm³/mol. The van der Waals surface area contributed by atoms with Gasteiger partial charge in [-0.25, -0.2) is 18.4 Å². The maximum atomic E-state index is 12.9. The van der Waals surface area contributed by atoms with Crippen LogP contribution in [0.5, 0.6) is 0 Å². The number of nitrogens with two attached hydrogens (primary N) is 1. The van der Waals surface area contributed by atoms with E-state index in [1.807, 2.05) is 0 Å². The Bertz CT molecular complexity index is 1530. The molecular formula is C23H17Cl4N3O6S2. The highest BCUT2D eigenvalue weighted by Crippen LogP contribution is 2.42. The zero-order valence-electron chi connectivity index (χ0n) is 19.1. The molecule has 0 radical (unpaired) electrons. The van der Waals surface area contributed by atoms with E-state index in [1.54, 1.807) is 31.2 Å². The van der Waals surface area contributed by atoms with E-state index in [2.05, 4.69) is 10.6 Å². The number of hydrogen-bond donors (Lipinski definition) is 4. The number of anilines is 2. The molecule has 0 aliphatic carbocycles. The van der Waals surface area contributed by atoms with Crippen LogP contribution in [0.15, 0.2) is 58.3 Å². The number of amides is 2. The first kappa shape index (κ1) is 30.0. The average Bonchev–Trinajstić information content (AvgIpc) is 2.85. The van der Waals surface area contributed by atoms with Crippen molar-refractivity contribution >= 4 is 97.3 Å². The summed E-state index contributed by atoms with van der Waals surface area (Å²) in [6.07, 6.45) is 0. The number of hydrogen-bond acceptors (Lipinski definition) is 6. The monoisotopic (exact) mass is 635 g/mol. The first-order valence-electron chi connectivity index (χ1n) is 10.3. The number of carbonyl (C=O) groups is 3. The smallest absolute Gasteiger partial charge is 0.338 e. The molecular weight excluding hydrogens is 620 g/mol. The number of benzene rings is 3. The molecule has 5 N–H and O–H groups in total. The largest absolute Gasteiger partial charge is 0.478 e. The van der Waals surface area contributed by atoms with Crippen LogP contribution in [0.4, 0.5) is 11.4 Å². The van der Waals surface area contributed by atoms with Crippen molar-refractivity contribution in [3.05, 3.63) is 79.7 Å². The molecule has 1 atom stereocenters. The van der Waals surface area contributed by atoms with Gasteiger partial charge in [0, 0.05) is 16.3 Å². The Kier molecular flexibility index (Phi) is 9.58. The zero-order valence-corrected chi connectivity index (χ0v) is 23.7. The van der Waals surface area contributed by atoms with Crippen LogP contribution in [0, 0.1) is 0 Å². The third-order valence-corrected chi connectivity index (χ3v) is 8.80. The maximum absolute atomic E-state index is 12.9. The first-order chi connectivity index (χ1) is 17.7. The van der Waals surface area contributed by atoms with E-state index >= 15 is 0 Å². The van der Waals surface area contributed by atoms with Crippen molar-refractivity contribution in [3.8, 4) is 0 Å². The Morgan fingerprint density at radius 1 is 0.816 bits per heavy atom. The lowest BCUT2D eigenvalue weighted by Crippen LogP contribution is -2.22. The Morgan fingerprint density at radius 2 is 1.29 bits per heavy atom. The average molecular weight is 637 g/mol. The lowest BCUT2D eigenvalue weighted by Gasteiger charge is -2.15. The fourth-order valence-electron chi connectivity index (χ4n) is 3.09. The van der Waals surface area contributed by atoms with Crippen molar-refractivity contribution in [3.63, 3.8) is 0 Å². The van der Waals surface area contributed by atoms with Gasteiger partial charge in [0.15, 0.2) is 0 Å². The van der Waals surface area contributed by atoms with Gasteiger partial charge in [0.05, 0.1) is 41.4 Å². The predicted octanol–water partition coefficient (Wildman–Crippen LogP) is 6.02. The highest BCUT2D eigenvalue weighted by atomic mass is 35.5. The number of primary sulfonamides is 1. The van der Waals surface area contributed by atoms with Crippen molar-refractivity contribution in [2.45, 2.75) is 22.0 Å². The molecule has 0 aromatic heterocycles. The molecule has 0 saturated heterocycles. The third kappa shape index (κ3) is 6.92. The summed E-state index contributed by atoms with van der Waals surface area (Å²) >= 11 is 25.2. The Labute approximate surface area is 241 Å². The maximum Gasteiger partial charge on any atom is 0.338 e. The number of sulfonamides is 1. The summed E-state index contributed by atoms with van der Waals surface area (Å²) in [5.74, 6) is -2.71. The fourth-order valence-corrected chi connectivity index (χ4v) is 5.49. The van der Waals surface area contributed by atoms with Crippen molar-refractivity contribution in [2.75, 3.05) is 10.6 Å². The number of rotatable bonds is 8. The number of carboxylic acids is 1. The minimum Gasteiger partial charge on any atom is -0.478 e. The molecule has 3 aromatic carbocycles. The van der Waals surface area contributed by atoms with Gasteiger partial charge in [-0.1, -0.05) is 46.4 Å². The van der Waals surface area contributed by atoms with Crippen molar-refractivity contribution in [1.29, 1.82) is 0 Å². The number of nitrogens with one attached hydrogen (secondary N) is 2. The van der Waals surface area contributed by atoms with Crippen LogP contribution in [-0.2, 0) is 14.8 Å². The van der Waals surface area contributed by atoms with Crippen LogP contribution >= 0.6 is 58.2 Å². The normalized spacial score (nSPS) is 12.1. The van der Waals surface area contributed by atoms with Gasteiger partial charge in [-0.15, -0.1) is 11.8 Å². The minimum absolute atomic E-state index is 0.0752. The summed E-state index contributed by atoms with van der Waals surface area (Å²) in [7, 11) is -3.84. The second-order valence-electron chi connectivity index (χ2n) is 7.61. The van der Waals surface area contributed by atoms with Gasteiger partial charge in [-0.2, -0.15) is 0 Å². The molecule has 0 fully saturated rings. The molecule has 1 unspecified atom stereocenters. The van der Waals surface area contributed by atoms with E-state index in [1.165, 1.54) is 36.0 Å². The minimum atomic E-state index is -3.84. The fraction of sp³-hybridized carbons (Fsp3) is 0.0870. The Balaban J connectivity index is 1.69. The van der Waals surface area contributed by atoms with Crippen LogP contribution in [0.25, 0.3) is 0 Å². The van der Waals surface area contributed by atoms with Gasteiger partial charge in [0.25, 0.3) is 5.91 Å². The van der Waals surface area contributed by atoms with Crippen molar-refractivity contribution in [2.24, 2.45) is 5.14 Å². The summed E-state index contributed by atoms with van der Waals surface area (Å²) in [6.45, 7) is 1.68. The summed E-state index contributed by atoms with van der Waals surface area (Å²) in [5, 5.41) is 17.9. The Morgan fingerprint density at radius 3 is 1.79 bits per heavy atom. The standard InChI is InChI=1S/C23H17Cl4N3O6S2/c1-10(21(31)29-12-4-8-14(9-5-12)38(28,35)36)37-13-6-2-11(3-7-13)30-22(32)15-16(23(33)34)18(25)20(27)19(26)17(15)24/h2-10H,1H3,(H,29,31)(H,30,32)(H,33,34)(H2,28,35,36). The zero-order chi connectivity index (χ0) is 28.4. The molecule has 0 aliphatic heterocycles. The van der Waals surface area contributed by atoms with E-state index in [4.69, 9.17) is 51.5 Å². The number of thioether (sulfide) groups is 1. The molecule has 15 heteroatoms. The van der Waals surface area contributed by atoms with Crippen LogP contribution in [0.1, 0.15) is 27.6 Å². The molecule has 2 amide bonds. The van der Waals surface area contributed by atoms with Gasteiger partial charge in [0.1, 0.15) is 0 Å². The second kappa shape index (κ2) is 12.1.